The molecule has 0 aromatic heterocycles. The molecule has 4 rings (SSSR count). The van der Waals surface area contributed by atoms with E-state index in [1.807, 2.05) is 0 Å². The van der Waals surface area contributed by atoms with Crippen molar-refractivity contribution in [1.29, 1.82) is 0 Å². The predicted molar refractivity (Wildman–Crippen MR) is 139 cm³/mol. The molecule has 1 unspecified atom stereocenters. The maximum atomic E-state index is 12.6. The van der Waals surface area contributed by atoms with Crippen LogP contribution in [-0.4, -0.2) is 37.4 Å². The molecule has 3 aromatic carbocycles. The molecule has 0 fully saturated rings. The standard InChI is InChI=1S/C26H22Cl3NO7/c1-34-16-10-19(27)17(20(28)11-16)6-8-30-25(31)14-2-4-15(5-3-14)36-24-13-23-18(12-21(24)29)22(7-9-35-23)37-26(32)33/h2-5,10-13,22H,6-9H2,1H3,(H,30,31)(H,32,33). The molecule has 0 saturated carbocycles. The number of benzene rings is 3. The highest BCUT2D eigenvalue weighted by atomic mass is 35.5. The van der Waals surface area contributed by atoms with Crippen LogP contribution >= 0.6 is 34.8 Å². The third-order valence-electron chi connectivity index (χ3n) is 5.65. The number of methoxy groups -OCH3 is 1. The zero-order chi connectivity index (χ0) is 26.5. The van der Waals surface area contributed by atoms with Crippen LogP contribution in [0.5, 0.6) is 23.0 Å². The van der Waals surface area contributed by atoms with Gasteiger partial charge in [-0.2, -0.15) is 0 Å². The molecule has 1 atom stereocenters. The van der Waals surface area contributed by atoms with Gasteiger partial charge in [0.05, 0.1) is 18.7 Å². The van der Waals surface area contributed by atoms with Gasteiger partial charge in [0.25, 0.3) is 5.91 Å². The van der Waals surface area contributed by atoms with E-state index < -0.39 is 12.3 Å². The first-order valence-corrected chi connectivity index (χ1v) is 12.3. The molecule has 11 heteroatoms. The van der Waals surface area contributed by atoms with E-state index in [-0.39, 0.29) is 10.9 Å². The SMILES string of the molecule is COc1cc(Cl)c(CCNC(=O)c2ccc(Oc3cc4c(cc3Cl)C(OC(=O)O)CCO4)cc2)c(Cl)c1. The van der Waals surface area contributed by atoms with Crippen LogP contribution in [0, 0.1) is 0 Å². The highest BCUT2D eigenvalue weighted by Crippen LogP contribution is 2.42. The van der Waals surface area contributed by atoms with Crippen molar-refractivity contribution in [2.45, 2.75) is 18.9 Å². The number of hydrogen-bond acceptors (Lipinski definition) is 6. The van der Waals surface area contributed by atoms with Crippen LogP contribution in [-0.2, 0) is 11.2 Å². The van der Waals surface area contributed by atoms with E-state index in [2.05, 4.69) is 5.32 Å². The number of rotatable bonds is 8. The summed E-state index contributed by atoms with van der Waals surface area (Å²) in [5.41, 5.74) is 1.70. The summed E-state index contributed by atoms with van der Waals surface area (Å²) >= 11 is 18.9. The van der Waals surface area contributed by atoms with Crippen molar-refractivity contribution in [3.05, 3.63) is 80.3 Å². The Morgan fingerprint density at radius 1 is 1.03 bits per heavy atom. The lowest BCUT2D eigenvalue weighted by atomic mass is 10.0. The largest absolute Gasteiger partial charge is 0.506 e. The minimum Gasteiger partial charge on any atom is -0.497 e. The maximum absolute atomic E-state index is 12.6. The van der Waals surface area contributed by atoms with E-state index >= 15 is 0 Å². The van der Waals surface area contributed by atoms with Gasteiger partial charge in [-0.05, 0) is 54.4 Å². The average molecular weight is 567 g/mol. The number of carboxylic acid groups (broad SMARTS) is 1. The molecule has 1 heterocycles. The van der Waals surface area contributed by atoms with E-state index in [4.69, 9.17) is 58.9 Å². The van der Waals surface area contributed by atoms with Gasteiger partial charge in [-0.1, -0.05) is 34.8 Å². The molecule has 0 saturated heterocycles. The molecule has 0 spiro atoms. The van der Waals surface area contributed by atoms with E-state index in [0.29, 0.717) is 70.2 Å². The first-order valence-electron chi connectivity index (χ1n) is 11.2. The Labute approximate surface area is 227 Å². The molecule has 0 bridgehead atoms. The minimum atomic E-state index is -1.37. The second-order valence-corrected chi connectivity index (χ2v) is 9.25. The summed E-state index contributed by atoms with van der Waals surface area (Å²) in [5.74, 6) is 1.50. The van der Waals surface area contributed by atoms with Gasteiger partial charge in [-0.3, -0.25) is 4.79 Å². The summed E-state index contributed by atoms with van der Waals surface area (Å²) in [6.45, 7) is 0.632. The maximum Gasteiger partial charge on any atom is 0.506 e. The molecule has 1 amide bonds. The number of amides is 1. The van der Waals surface area contributed by atoms with Crippen molar-refractivity contribution in [2.24, 2.45) is 0 Å². The van der Waals surface area contributed by atoms with E-state index in [1.165, 1.54) is 7.11 Å². The molecule has 0 radical (unpaired) electrons. The molecule has 194 valence electrons. The van der Waals surface area contributed by atoms with Crippen LogP contribution in [0.4, 0.5) is 4.79 Å². The summed E-state index contributed by atoms with van der Waals surface area (Å²) in [4.78, 5) is 23.5. The summed E-state index contributed by atoms with van der Waals surface area (Å²) in [5, 5.41) is 13.0. The third-order valence-corrected chi connectivity index (χ3v) is 6.62. The fourth-order valence-corrected chi connectivity index (χ4v) is 4.69. The zero-order valence-corrected chi connectivity index (χ0v) is 21.8. The lowest BCUT2D eigenvalue weighted by molar-refractivity contribution is 0.0326. The van der Waals surface area contributed by atoms with Gasteiger partial charge in [0.2, 0.25) is 0 Å². The fraction of sp³-hybridized carbons (Fsp3) is 0.231. The Balaban J connectivity index is 1.37. The lowest BCUT2D eigenvalue weighted by Crippen LogP contribution is -2.25. The Morgan fingerprint density at radius 2 is 1.73 bits per heavy atom. The van der Waals surface area contributed by atoms with Crippen LogP contribution in [0.3, 0.4) is 0 Å². The molecule has 37 heavy (non-hydrogen) atoms. The van der Waals surface area contributed by atoms with Gasteiger partial charge >= 0.3 is 6.16 Å². The molecule has 1 aliphatic heterocycles. The van der Waals surface area contributed by atoms with Crippen LogP contribution in [0.1, 0.15) is 34.0 Å². The monoisotopic (exact) mass is 565 g/mol. The molecule has 2 N–H and O–H groups in total. The average Bonchev–Trinajstić information content (AvgIpc) is 2.86. The Morgan fingerprint density at radius 3 is 2.38 bits per heavy atom. The van der Waals surface area contributed by atoms with Gasteiger partial charge in [0.1, 0.15) is 29.1 Å². The number of ether oxygens (including phenoxy) is 4. The smallest absolute Gasteiger partial charge is 0.497 e. The number of carbonyl (C=O) groups excluding carboxylic acids is 1. The minimum absolute atomic E-state index is 0.265. The van der Waals surface area contributed by atoms with Crippen LogP contribution in [0.2, 0.25) is 15.1 Å². The Kier molecular flexibility index (Phi) is 8.53. The quantitative estimate of drug-likeness (QED) is 0.285. The van der Waals surface area contributed by atoms with Crippen molar-refractivity contribution in [3.8, 4) is 23.0 Å². The van der Waals surface area contributed by atoms with Crippen molar-refractivity contribution < 1.29 is 33.6 Å². The summed E-state index contributed by atoms with van der Waals surface area (Å²) in [7, 11) is 1.53. The number of halogens is 3. The van der Waals surface area contributed by atoms with Crippen molar-refractivity contribution in [3.63, 3.8) is 0 Å². The van der Waals surface area contributed by atoms with Gasteiger partial charge in [0.15, 0.2) is 0 Å². The fourth-order valence-electron chi connectivity index (χ4n) is 3.82. The zero-order valence-electron chi connectivity index (χ0n) is 19.6. The van der Waals surface area contributed by atoms with Gasteiger partial charge in [-0.25, -0.2) is 4.79 Å². The van der Waals surface area contributed by atoms with Crippen molar-refractivity contribution in [2.75, 3.05) is 20.3 Å². The number of carbonyl (C=O) groups is 2. The van der Waals surface area contributed by atoms with Gasteiger partial charge < -0.3 is 29.4 Å². The molecule has 1 aliphatic rings. The summed E-state index contributed by atoms with van der Waals surface area (Å²) in [6.07, 6.45) is -1.19. The predicted octanol–water partition coefficient (Wildman–Crippen LogP) is 6.94. The highest BCUT2D eigenvalue weighted by molar-refractivity contribution is 6.36. The summed E-state index contributed by atoms with van der Waals surface area (Å²) < 4.78 is 21.6. The van der Waals surface area contributed by atoms with E-state index in [0.717, 1.165) is 5.56 Å². The molecule has 0 aliphatic carbocycles. The molecule has 8 nitrogen and oxygen atoms in total. The highest BCUT2D eigenvalue weighted by Gasteiger charge is 2.27. The normalized spacial score (nSPS) is 14.2. The second kappa shape index (κ2) is 11.8. The summed E-state index contributed by atoms with van der Waals surface area (Å²) in [6, 6.07) is 13.0. The number of fused-ring (bicyclic) bond motifs is 1. The van der Waals surface area contributed by atoms with Crippen LogP contribution in [0.25, 0.3) is 0 Å². The van der Waals surface area contributed by atoms with Crippen molar-refractivity contribution in [1.82, 2.24) is 5.32 Å². The van der Waals surface area contributed by atoms with Crippen LogP contribution < -0.4 is 19.5 Å². The van der Waals surface area contributed by atoms with Crippen molar-refractivity contribution >= 4 is 46.9 Å². The molecule has 3 aromatic rings. The second-order valence-electron chi connectivity index (χ2n) is 8.03. The van der Waals surface area contributed by atoms with Crippen LogP contribution in [0.15, 0.2) is 48.5 Å². The molecular weight excluding hydrogens is 545 g/mol. The lowest BCUT2D eigenvalue weighted by Gasteiger charge is -2.25. The van der Waals surface area contributed by atoms with E-state index in [1.54, 1.807) is 48.5 Å². The van der Waals surface area contributed by atoms with Gasteiger partial charge in [-0.15, -0.1) is 0 Å². The topological polar surface area (TPSA) is 103 Å². The van der Waals surface area contributed by atoms with Gasteiger partial charge in [0, 0.05) is 40.2 Å². The first kappa shape index (κ1) is 26.7. The number of nitrogens with one attached hydrogen (secondary N) is 1. The van der Waals surface area contributed by atoms with E-state index in [9.17, 15) is 9.59 Å². The first-order chi connectivity index (χ1) is 17.7. The Hall–Kier alpha value is -3.33. The molecular formula is C26H22Cl3NO7. The third kappa shape index (κ3) is 6.52. The Bertz CT molecular complexity index is 1290. The number of hydrogen-bond donors (Lipinski definition) is 2.